The Balaban J connectivity index is 1.56. The van der Waals surface area contributed by atoms with E-state index in [0.29, 0.717) is 4.75 Å². The first-order chi connectivity index (χ1) is 10.3. The average Bonchev–Trinajstić information content (AvgIpc) is 3.18. The molecule has 0 aliphatic heterocycles. The Bertz CT molecular complexity index is 559. The molecule has 0 atom stereocenters. The molecule has 0 bridgehead atoms. The van der Waals surface area contributed by atoms with Crippen LogP contribution in [0.4, 0.5) is 0 Å². The van der Waals surface area contributed by atoms with Gasteiger partial charge in [-0.3, -0.25) is 0 Å². The number of rotatable bonds is 6. The number of nitrogens with zero attached hydrogens (tertiary/aromatic N) is 1. The molecule has 1 fully saturated rings. The van der Waals surface area contributed by atoms with Crippen molar-refractivity contribution in [2.75, 3.05) is 12.8 Å². The fraction of sp³-hybridized carbons (Fsp3) is 0.471. The van der Waals surface area contributed by atoms with Crippen molar-refractivity contribution >= 4 is 23.1 Å². The van der Waals surface area contributed by atoms with Gasteiger partial charge in [-0.2, -0.15) is 11.8 Å². The van der Waals surface area contributed by atoms with Crippen LogP contribution in [0.5, 0.6) is 0 Å². The van der Waals surface area contributed by atoms with Gasteiger partial charge in [-0.05, 0) is 19.1 Å². The summed E-state index contributed by atoms with van der Waals surface area (Å²) >= 11 is 3.79. The summed E-state index contributed by atoms with van der Waals surface area (Å²) in [4.78, 5) is 4.74. The highest BCUT2D eigenvalue weighted by atomic mass is 32.2. The van der Waals surface area contributed by atoms with Gasteiger partial charge in [0.25, 0.3) is 0 Å². The van der Waals surface area contributed by atoms with Crippen LogP contribution in [0, 0.1) is 0 Å². The van der Waals surface area contributed by atoms with E-state index in [1.807, 2.05) is 17.8 Å². The molecule has 1 heterocycles. The first-order valence-corrected chi connectivity index (χ1v) is 9.67. The van der Waals surface area contributed by atoms with E-state index < -0.39 is 0 Å². The van der Waals surface area contributed by atoms with Crippen molar-refractivity contribution in [2.24, 2.45) is 0 Å². The van der Waals surface area contributed by atoms with E-state index in [0.717, 1.165) is 18.8 Å². The van der Waals surface area contributed by atoms with Crippen molar-refractivity contribution in [3.05, 3.63) is 40.7 Å². The Morgan fingerprint density at radius 1 is 1.24 bits per heavy atom. The summed E-state index contributed by atoms with van der Waals surface area (Å²) in [7, 11) is 0. The van der Waals surface area contributed by atoms with Gasteiger partial charge in [0.2, 0.25) is 0 Å². The number of aromatic nitrogens is 1. The SMILES string of the molecule is CSC1(CNCc2nc(-c3ccccc3)cs2)CCCC1. The third kappa shape index (κ3) is 3.68. The first-order valence-electron chi connectivity index (χ1n) is 7.57. The molecule has 3 rings (SSSR count). The lowest BCUT2D eigenvalue weighted by molar-refractivity contribution is 0.533. The summed E-state index contributed by atoms with van der Waals surface area (Å²) in [6.07, 6.45) is 7.74. The summed E-state index contributed by atoms with van der Waals surface area (Å²) in [5.74, 6) is 0. The summed E-state index contributed by atoms with van der Waals surface area (Å²) < 4.78 is 0.472. The molecule has 1 aromatic heterocycles. The van der Waals surface area contributed by atoms with Gasteiger partial charge in [-0.1, -0.05) is 43.2 Å². The van der Waals surface area contributed by atoms with Crippen LogP contribution in [0.2, 0.25) is 0 Å². The zero-order chi connectivity index (χ0) is 14.5. The zero-order valence-corrected chi connectivity index (χ0v) is 14.1. The molecule has 0 saturated heterocycles. The van der Waals surface area contributed by atoms with Crippen LogP contribution in [0.3, 0.4) is 0 Å². The summed E-state index contributed by atoms with van der Waals surface area (Å²) in [5, 5.41) is 6.97. The molecule has 2 nitrogen and oxygen atoms in total. The van der Waals surface area contributed by atoms with Gasteiger partial charge < -0.3 is 5.32 Å². The van der Waals surface area contributed by atoms with Gasteiger partial charge >= 0.3 is 0 Å². The van der Waals surface area contributed by atoms with Crippen LogP contribution in [-0.2, 0) is 6.54 Å². The van der Waals surface area contributed by atoms with Gasteiger partial charge in [0.1, 0.15) is 5.01 Å². The maximum Gasteiger partial charge on any atom is 0.107 e. The lowest BCUT2D eigenvalue weighted by atomic mass is 10.1. The lowest BCUT2D eigenvalue weighted by Crippen LogP contribution is -2.34. The number of thioether (sulfide) groups is 1. The minimum Gasteiger partial charge on any atom is -0.309 e. The number of thiazole rings is 1. The van der Waals surface area contributed by atoms with Crippen molar-refractivity contribution in [3.8, 4) is 11.3 Å². The largest absolute Gasteiger partial charge is 0.309 e. The van der Waals surface area contributed by atoms with Crippen LogP contribution in [0.15, 0.2) is 35.7 Å². The molecule has 1 saturated carbocycles. The maximum atomic E-state index is 4.74. The highest BCUT2D eigenvalue weighted by Crippen LogP contribution is 2.39. The molecule has 21 heavy (non-hydrogen) atoms. The normalized spacial score (nSPS) is 17.2. The molecule has 2 aromatic rings. The standard InChI is InChI=1S/C17H22N2S2/c1-20-17(9-5-6-10-17)13-18-11-16-19-15(12-21-16)14-7-3-2-4-8-14/h2-4,7-8,12,18H,5-6,9-11,13H2,1H3. The average molecular weight is 319 g/mol. The number of benzene rings is 1. The predicted molar refractivity (Wildman–Crippen MR) is 94.0 cm³/mol. The maximum absolute atomic E-state index is 4.74. The third-order valence-electron chi connectivity index (χ3n) is 4.29. The van der Waals surface area contributed by atoms with Gasteiger partial charge in [0, 0.05) is 28.8 Å². The summed E-state index contributed by atoms with van der Waals surface area (Å²) in [6.45, 7) is 1.99. The van der Waals surface area contributed by atoms with E-state index in [1.165, 1.54) is 36.3 Å². The van der Waals surface area contributed by atoms with Crippen LogP contribution >= 0.6 is 23.1 Å². The smallest absolute Gasteiger partial charge is 0.107 e. The Morgan fingerprint density at radius 3 is 2.71 bits per heavy atom. The summed E-state index contributed by atoms with van der Waals surface area (Å²) in [6, 6.07) is 10.4. The van der Waals surface area contributed by atoms with Crippen molar-refractivity contribution in [1.29, 1.82) is 0 Å². The van der Waals surface area contributed by atoms with Gasteiger partial charge in [0.05, 0.1) is 5.69 Å². The minimum atomic E-state index is 0.472. The second-order valence-corrected chi connectivity index (χ2v) is 7.91. The Morgan fingerprint density at radius 2 is 2.00 bits per heavy atom. The lowest BCUT2D eigenvalue weighted by Gasteiger charge is -2.26. The van der Waals surface area contributed by atoms with E-state index in [-0.39, 0.29) is 0 Å². The van der Waals surface area contributed by atoms with E-state index in [9.17, 15) is 0 Å². The van der Waals surface area contributed by atoms with E-state index in [1.54, 1.807) is 11.3 Å². The van der Waals surface area contributed by atoms with E-state index in [2.05, 4.69) is 41.2 Å². The molecular formula is C17H22N2S2. The highest BCUT2D eigenvalue weighted by Gasteiger charge is 2.32. The van der Waals surface area contributed by atoms with Crippen molar-refractivity contribution in [3.63, 3.8) is 0 Å². The van der Waals surface area contributed by atoms with Crippen molar-refractivity contribution < 1.29 is 0 Å². The number of hydrogen-bond acceptors (Lipinski definition) is 4. The molecule has 112 valence electrons. The quantitative estimate of drug-likeness (QED) is 0.844. The predicted octanol–water partition coefficient (Wildman–Crippen LogP) is 4.58. The Hall–Kier alpha value is -0.840. The van der Waals surface area contributed by atoms with Crippen LogP contribution in [0.25, 0.3) is 11.3 Å². The van der Waals surface area contributed by atoms with Crippen LogP contribution in [-0.4, -0.2) is 22.5 Å². The van der Waals surface area contributed by atoms with Crippen molar-refractivity contribution in [2.45, 2.75) is 37.0 Å². The molecule has 1 aliphatic rings. The summed E-state index contributed by atoms with van der Waals surface area (Å²) in [5.41, 5.74) is 2.30. The van der Waals surface area contributed by atoms with E-state index in [4.69, 9.17) is 4.98 Å². The fourth-order valence-electron chi connectivity index (χ4n) is 3.00. The highest BCUT2D eigenvalue weighted by molar-refractivity contribution is 8.00. The Kier molecular flexibility index (Phi) is 4.99. The Labute approximate surface area is 135 Å². The molecule has 0 unspecified atom stereocenters. The first kappa shape index (κ1) is 15.1. The second-order valence-electron chi connectivity index (χ2n) is 5.69. The van der Waals surface area contributed by atoms with Crippen LogP contribution in [0.1, 0.15) is 30.7 Å². The second kappa shape index (κ2) is 6.95. The zero-order valence-electron chi connectivity index (χ0n) is 12.5. The third-order valence-corrected chi connectivity index (χ3v) is 6.56. The minimum absolute atomic E-state index is 0.472. The van der Waals surface area contributed by atoms with Crippen LogP contribution < -0.4 is 5.32 Å². The molecule has 1 aliphatic carbocycles. The monoisotopic (exact) mass is 318 g/mol. The topological polar surface area (TPSA) is 24.9 Å². The molecule has 4 heteroatoms. The molecule has 0 radical (unpaired) electrons. The number of hydrogen-bond donors (Lipinski definition) is 1. The van der Waals surface area contributed by atoms with Gasteiger partial charge in [0.15, 0.2) is 0 Å². The fourth-order valence-corrected chi connectivity index (χ4v) is 4.72. The number of nitrogens with one attached hydrogen (secondary N) is 1. The van der Waals surface area contributed by atoms with Crippen molar-refractivity contribution in [1.82, 2.24) is 10.3 Å². The van der Waals surface area contributed by atoms with Gasteiger partial charge in [-0.25, -0.2) is 4.98 Å². The molecule has 1 aromatic carbocycles. The van der Waals surface area contributed by atoms with E-state index >= 15 is 0 Å². The van der Waals surface area contributed by atoms with Gasteiger partial charge in [-0.15, -0.1) is 11.3 Å². The molecule has 0 amide bonds. The molecule has 1 N–H and O–H groups in total. The molecule has 0 spiro atoms. The molecular weight excluding hydrogens is 296 g/mol.